The van der Waals surface area contributed by atoms with Gasteiger partial charge in [-0.15, -0.1) is 11.3 Å². The van der Waals surface area contributed by atoms with E-state index in [1.54, 1.807) is 41.8 Å². The van der Waals surface area contributed by atoms with Gasteiger partial charge in [0, 0.05) is 30.5 Å². The third-order valence-electron chi connectivity index (χ3n) is 5.06. The lowest BCUT2D eigenvalue weighted by Gasteiger charge is -2.26. The molecule has 1 aromatic heterocycles. The third-order valence-corrected chi connectivity index (χ3v) is 7.73. The minimum Gasteiger partial charge on any atom is -0.379 e. The normalized spacial score (nSPS) is 14.9. The molecule has 2 aromatic carbocycles. The average Bonchev–Trinajstić information content (AvgIpc) is 3.27. The van der Waals surface area contributed by atoms with Crippen molar-refractivity contribution in [1.82, 2.24) is 9.29 Å². The molecule has 1 aliphatic heterocycles. The number of aryl methyl sites for hydroxylation is 1. The van der Waals surface area contributed by atoms with E-state index in [1.165, 1.54) is 27.8 Å². The van der Waals surface area contributed by atoms with Crippen LogP contribution in [0.2, 0.25) is 0 Å². The smallest absolute Gasteiger partial charge is 0.243 e. The zero-order chi connectivity index (χ0) is 22.6. The Hall–Kier alpha value is -2.66. The molecule has 4 rings (SSSR count). The van der Waals surface area contributed by atoms with Crippen LogP contribution in [0.5, 0.6) is 0 Å². The topological polar surface area (TPSA) is 88.6 Å². The zero-order valence-electron chi connectivity index (χ0n) is 17.2. The van der Waals surface area contributed by atoms with Crippen molar-refractivity contribution >= 4 is 32.4 Å². The maximum atomic E-state index is 13.1. The van der Waals surface area contributed by atoms with Crippen molar-refractivity contribution in [3.05, 3.63) is 65.3 Å². The summed E-state index contributed by atoms with van der Waals surface area (Å²) in [4.78, 5) is 16.9. The largest absolute Gasteiger partial charge is 0.379 e. The maximum absolute atomic E-state index is 13.1. The maximum Gasteiger partial charge on any atom is 0.243 e. The fourth-order valence-corrected chi connectivity index (χ4v) is 5.43. The van der Waals surface area contributed by atoms with Gasteiger partial charge in [-0.05, 0) is 48.4 Å². The molecule has 0 bridgehead atoms. The second kappa shape index (κ2) is 9.86. The Labute approximate surface area is 189 Å². The van der Waals surface area contributed by atoms with Crippen LogP contribution in [0, 0.1) is 5.82 Å². The SMILES string of the molecule is O=C(CCc1ccc(S(=O)(=O)N2CCOCC2)cc1)Nc1nc(-c2ccc(F)cc2)cs1. The highest BCUT2D eigenvalue weighted by Gasteiger charge is 2.26. The van der Waals surface area contributed by atoms with E-state index < -0.39 is 10.0 Å². The highest BCUT2D eigenvalue weighted by atomic mass is 32.2. The predicted molar refractivity (Wildman–Crippen MR) is 120 cm³/mol. The van der Waals surface area contributed by atoms with Gasteiger partial charge in [-0.2, -0.15) is 4.31 Å². The number of carbonyl (C=O) groups is 1. The Morgan fingerprint density at radius 1 is 1.09 bits per heavy atom. The Kier molecular flexibility index (Phi) is 6.95. The number of thiazole rings is 1. The number of benzene rings is 2. The van der Waals surface area contributed by atoms with Gasteiger partial charge < -0.3 is 10.1 Å². The molecule has 0 radical (unpaired) electrons. The quantitative estimate of drug-likeness (QED) is 0.565. The van der Waals surface area contributed by atoms with Crippen molar-refractivity contribution in [1.29, 1.82) is 0 Å². The Morgan fingerprint density at radius 2 is 1.78 bits per heavy atom. The molecular weight excluding hydrogens is 453 g/mol. The Morgan fingerprint density at radius 3 is 2.47 bits per heavy atom. The van der Waals surface area contributed by atoms with E-state index in [1.807, 2.05) is 0 Å². The summed E-state index contributed by atoms with van der Waals surface area (Å²) in [6.07, 6.45) is 0.709. The van der Waals surface area contributed by atoms with Crippen LogP contribution in [-0.2, 0) is 26.0 Å². The molecule has 1 aliphatic rings. The van der Waals surface area contributed by atoms with E-state index >= 15 is 0 Å². The molecule has 0 unspecified atom stereocenters. The molecule has 0 atom stereocenters. The van der Waals surface area contributed by atoms with Gasteiger partial charge in [0.05, 0.1) is 23.8 Å². The lowest BCUT2D eigenvalue weighted by atomic mass is 10.1. The van der Waals surface area contributed by atoms with Crippen molar-refractivity contribution in [3.63, 3.8) is 0 Å². The number of morpholine rings is 1. The Bertz CT molecular complexity index is 1170. The van der Waals surface area contributed by atoms with Crippen LogP contribution >= 0.6 is 11.3 Å². The molecule has 1 amide bonds. The number of rotatable bonds is 7. The summed E-state index contributed by atoms with van der Waals surface area (Å²) in [5.74, 6) is -0.501. The first-order valence-electron chi connectivity index (χ1n) is 10.1. The van der Waals surface area contributed by atoms with Crippen molar-refractivity contribution in [2.45, 2.75) is 17.7 Å². The first-order valence-corrected chi connectivity index (χ1v) is 12.4. The number of nitrogens with one attached hydrogen (secondary N) is 1. The van der Waals surface area contributed by atoms with Crippen LogP contribution in [0.25, 0.3) is 11.3 Å². The molecular formula is C22H22FN3O4S2. The van der Waals surface area contributed by atoms with Gasteiger partial charge in [0.2, 0.25) is 15.9 Å². The number of ether oxygens (including phenoxy) is 1. The molecule has 1 saturated heterocycles. The van der Waals surface area contributed by atoms with E-state index in [0.717, 1.165) is 11.1 Å². The number of carbonyl (C=O) groups excluding carboxylic acids is 1. The minimum absolute atomic E-state index is 0.185. The van der Waals surface area contributed by atoms with Gasteiger partial charge in [0.1, 0.15) is 5.82 Å². The van der Waals surface area contributed by atoms with Crippen molar-refractivity contribution in [2.24, 2.45) is 0 Å². The van der Waals surface area contributed by atoms with Crippen LogP contribution in [-0.4, -0.2) is 49.9 Å². The summed E-state index contributed by atoms with van der Waals surface area (Å²) >= 11 is 1.30. The van der Waals surface area contributed by atoms with Crippen LogP contribution < -0.4 is 5.32 Å². The average molecular weight is 476 g/mol. The van der Waals surface area contributed by atoms with E-state index in [-0.39, 0.29) is 23.0 Å². The summed E-state index contributed by atoms with van der Waals surface area (Å²) in [6.45, 7) is 1.50. The standard InChI is InChI=1S/C22H22FN3O4S2/c23-18-6-4-17(5-7-18)20-15-31-22(24-20)25-21(27)10-3-16-1-8-19(9-2-16)32(28,29)26-11-13-30-14-12-26/h1-2,4-9,15H,3,10-14H2,(H,24,25,27). The lowest BCUT2D eigenvalue weighted by Crippen LogP contribution is -2.40. The number of nitrogens with zero attached hydrogens (tertiary/aromatic N) is 2. The van der Waals surface area contributed by atoms with Gasteiger partial charge in [-0.25, -0.2) is 17.8 Å². The van der Waals surface area contributed by atoms with Crippen molar-refractivity contribution in [3.8, 4) is 11.3 Å². The third kappa shape index (κ3) is 5.39. The van der Waals surface area contributed by atoms with Gasteiger partial charge in [-0.3, -0.25) is 4.79 Å². The molecule has 0 aliphatic carbocycles. The van der Waals surface area contributed by atoms with Crippen LogP contribution in [0.3, 0.4) is 0 Å². The van der Waals surface area contributed by atoms with E-state index in [9.17, 15) is 17.6 Å². The van der Waals surface area contributed by atoms with E-state index in [0.29, 0.717) is 43.5 Å². The number of sulfonamides is 1. The monoisotopic (exact) mass is 475 g/mol. The van der Waals surface area contributed by atoms with Crippen molar-refractivity contribution in [2.75, 3.05) is 31.6 Å². The molecule has 32 heavy (non-hydrogen) atoms. The first-order chi connectivity index (χ1) is 15.4. The van der Waals surface area contributed by atoms with Crippen LogP contribution in [0.15, 0.2) is 58.8 Å². The summed E-state index contributed by atoms with van der Waals surface area (Å²) in [6, 6.07) is 12.6. The Balaban J connectivity index is 1.31. The zero-order valence-corrected chi connectivity index (χ0v) is 18.8. The molecule has 10 heteroatoms. The number of aromatic nitrogens is 1. The summed E-state index contributed by atoms with van der Waals surface area (Å²) < 4.78 is 45.0. The number of anilines is 1. The van der Waals surface area contributed by atoms with Crippen molar-refractivity contribution < 1.29 is 22.3 Å². The fraction of sp³-hybridized carbons (Fsp3) is 0.273. The number of hydrogen-bond donors (Lipinski definition) is 1. The molecule has 0 spiro atoms. The lowest BCUT2D eigenvalue weighted by molar-refractivity contribution is -0.116. The fourth-order valence-electron chi connectivity index (χ4n) is 3.29. The van der Waals surface area contributed by atoms with Gasteiger partial charge in [-0.1, -0.05) is 12.1 Å². The molecule has 168 valence electrons. The summed E-state index contributed by atoms with van der Waals surface area (Å²) in [5, 5.41) is 5.05. The molecule has 1 fully saturated rings. The first kappa shape index (κ1) is 22.5. The van der Waals surface area contributed by atoms with Crippen LogP contribution in [0.1, 0.15) is 12.0 Å². The second-order valence-corrected chi connectivity index (χ2v) is 10.0. The van der Waals surface area contributed by atoms with Gasteiger partial charge in [0.15, 0.2) is 5.13 Å². The van der Waals surface area contributed by atoms with Gasteiger partial charge in [0.25, 0.3) is 0 Å². The second-order valence-electron chi connectivity index (χ2n) is 7.25. The summed E-state index contributed by atoms with van der Waals surface area (Å²) in [7, 11) is -3.53. The number of amides is 1. The summed E-state index contributed by atoms with van der Waals surface area (Å²) in [5.41, 5.74) is 2.31. The predicted octanol–water partition coefficient (Wildman–Crippen LogP) is 3.54. The number of halogens is 1. The van der Waals surface area contributed by atoms with Gasteiger partial charge >= 0.3 is 0 Å². The molecule has 7 nitrogen and oxygen atoms in total. The molecule has 1 N–H and O–H groups in total. The minimum atomic E-state index is -3.53. The molecule has 3 aromatic rings. The highest BCUT2D eigenvalue weighted by Crippen LogP contribution is 2.25. The van der Waals surface area contributed by atoms with E-state index in [2.05, 4.69) is 10.3 Å². The molecule has 0 saturated carbocycles. The highest BCUT2D eigenvalue weighted by molar-refractivity contribution is 7.89. The van der Waals surface area contributed by atoms with E-state index in [4.69, 9.17) is 4.74 Å². The van der Waals surface area contributed by atoms with Crippen LogP contribution in [0.4, 0.5) is 9.52 Å². The number of hydrogen-bond acceptors (Lipinski definition) is 6. The molecule has 2 heterocycles.